The fraction of sp³-hybridized carbons (Fsp3) is 0.214. The zero-order valence-electron chi connectivity index (χ0n) is 18.9. The molecule has 4 rings (SSSR count). The number of para-hydroxylation sites is 1. The molecule has 1 heterocycles. The summed E-state index contributed by atoms with van der Waals surface area (Å²) in [6.45, 7) is 5.28. The van der Waals surface area contributed by atoms with Gasteiger partial charge in [-0.3, -0.25) is 0 Å². The van der Waals surface area contributed by atoms with Crippen molar-refractivity contribution in [2.24, 2.45) is 4.99 Å². The number of esters is 1. The first-order valence-electron chi connectivity index (χ1n) is 11.2. The Morgan fingerprint density at radius 3 is 2.36 bits per heavy atom. The summed E-state index contributed by atoms with van der Waals surface area (Å²) in [5.74, 6) is 1.97. The predicted octanol–water partition coefficient (Wildman–Crippen LogP) is 6.00. The fourth-order valence-corrected chi connectivity index (χ4v) is 3.48. The smallest absolute Gasteiger partial charge is 0.363 e. The van der Waals surface area contributed by atoms with E-state index in [1.807, 2.05) is 72.8 Å². The van der Waals surface area contributed by atoms with Crippen LogP contribution in [0.1, 0.15) is 42.9 Å². The molecule has 5 nitrogen and oxygen atoms in total. The van der Waals surface area contributed by atoms with Gasteiger partial charge < -0.3 is 14.2 Å². The average Bonchev–Trinajstić information content (AvgIpc) is 3.23. The van der Waals surface area contributed by atoms with Gasteiger partial charge in [-0.2, -0.15) is 0 Å². The first kappa shape index (κ1) is 22.3. The molecule has 0 aromatic heterocycles. The minimum absolute atomic E-state index is 0.274. The highest BCUT2D eigenvalue weighted by atomic mass is 16.6. The van der Waals surface area contributed by atoms with E-state index in [9.17, 15) is 4.79 Å². The number of cyclic esters (lactones) is 1. The van der Waals surface area contributed by atoms with Gasteiger partial charge in [-0.15, -0.1) is 0 Å². The zero-order valence-corrected chi connectivity index (χ0v) is 18.9. The van der Waals surface area contributed by atoms with Gasteiger partial charge in [0, 0.05) is 5.56 Å². The molecule has 0 amide bonds. The third kappa shape index (κ3) is 5.69. The lowest BCUT2D eigenvalue weighted by Gasteiger charge is -2.15. The van der Waals surface area contributed by atoms with Gasteiger partial charge in [0.1, 0.15) is 24.7 Å². The highest BCUT2D eigenvalue weighted by molar-refractivity contribution is 6.12. The molecular formula is C28H27NO4. The quantitative estimate of drug-likeness (QED) is 0.232. The maximum atomic E-state index is 12.2. The van der Waals surface area contributed by atoms with E-state index in [1.54, 1.807) is 6.08 Å². The van der Waals surface area contributed by atoms with Crippen LogP contribution in [0.5, 0.6) is 11.5 Å². The first-order chi connectivity index (χ1) is 16.1. The molecule has 3 aromatic rings. The Bertz CT molecular complexity index is 1150. The highest BCUT2D eigenvalue weighted by Crippen LogP contribution is 2.28. The Morgan fingerprint density at radius 2 is 1.61 bits per heavy atom. The Morgan fingerprint density at radius 1 is 0.909 bits per heavy atom. The van der Waals surface area contributed by atoms with Crippen molar-refractivity contribution >= 4 is 17.9 Å². The molecule has 0 spiro atoms. The van der Waals surface area contributed by atoms with Crippen molar-refractivity contribution in [3.63, 3.8) is 0 Å². The number of aliphatic imine (C=N–C) groups is 1. The number of hydrogen-bond acceptors (Lipinski definition) is 5. The van der Waals surface area contributed by atoms with Crippen molar-refractivity contribution in [1.82, 2.24) is 0 Å². The molecule has 0 N–H and O–H groups in total. The molecule has 5 heteroatoms. The first-order valence-corrected chi connectivity index (χ1v) is 11.2. The largest absolute Gasteiger partial charge is 0.490 e. The van der Waals surface area contributed by atoms with Crippen molar-refractivity contribution < 1.29 is 19.0 Å². The van der Waals surface area contributed by atoms with Crippen molar-refractivity contribution in [3.8, 4) is 11.5 Å². The van der Waals surface area contributed by atoms with Crippen LogP contribution in [0.15, 0.2) is 89.6 Å². The number of ether oxygens (including phenoxy) is 3. The van der Waals surface area contributed by atoms with Gasteiger partial charge in [0.2, 0.25) is 5.90 Å². The molecule has 1 atom stereocenters. The van der Waals surface area contributed by atoms with Gasteiger partial charge in [-0.05, 0) is 59.9 Å². The second-order valence-corrected chi connectivity index (χ2v) is 7.82. The Labute approximate surface area is 194 Å². The number of rotatable bonds is 9. The standard InChI is InChI=1S/C28H27NO4/c1-3-20(2)24-11-7-8-12-26(24)32-18-17-31-23-15-13-21(14-16-23)19-25-28(30)33-27(29-25)22-9-5-4-6-10-22/h4-16,19-20H,3,17-18H2,1-2H3. The summed E-state index contributed by atoms with van der Waals surface area (Å²) in [6.07, 6.45) is 2.77. The van der Waals surface area contributed by atoms with E-state index in [4.69, 9.17) is 14.2 Å². The average molecular weight is 442 g/mol. The molecule has 1 aliphatic heterocycles. The van der Waals surface area contributed by atoms with Crippen molar-refractivity contribution in [2.75, 3.05) is 13.2 Å². The molecule has 1 aliphatic rings. The maximum absolute atomic E-state index is 12.2. The van der Waals surface area contributed by atoms with Crippen LogP contribution >= 0.6 is 0 Å². The van der Waals surface area contributed by atoms with Gasteiger partial charge in [0.15, 0.2) is 5.70 Å². The molecule has 1 unspecified atom stereocenters. The van der Waals surface area contributed by atoms with E-state index in [0.717, 1.165) is 29.0 Å². The summed E-state index contributed by atoms with van der Waals surface area (Å²) in [5, 5.41) is 0. The van der Waals surface area contributed by atoms with Crippen LogP contribution < -0.4 is 9.47 Å². The van der Waals surface area contributed by atoms with Crippen LogP contribution in [0, 0.1) is 0 Å². The van der Waals surface area contributed by atoms with E-state index < -0.39 is 5.97 Å². The van der Waals surface area contributed by atoms with E-state index in [0.29, 0.717) is 25.0 Å². The number of carbonyl (C=O) groups is 1. The second kappa shape index (κ2) is 10.6. The SMILES string of the molecule is CCC(C)c1ccccc1OCCOc1ccc(C=C2N=C(c3ccccc3)OC2=O)cc1. The van der Waals surface area contributed by atoms with Gasteiger partial charge in [0.25, 0.3) is 0 Å². The molecule has 168 valence electrons. The fourth-order valence-electron chi connectivity index (χ4n) is 3.48. The molecule has 0 bridgehead atoms. The summed E-state index contributed by atoms with van der Waals surface area (Å²) in [4.78, 5) is 16.5. The predicted molar refractivity (Wildman–Crippen MR) is 130 cm³/mol. The normalized spacial score (nSPS) is 15.2. The topological polar surface area (TPSA) is 57.1 Å². The van der Waals surface area contributed by atoms with E-state index in [2.05, 4.69) is 24.9 Å². The Hall–Kier alpha value is -3.86. The van der Waals surface area contributed by atoms with Crippen LogP contribution in [-0.4, -0.2) is 25.1 Å². The minimum Gasteiger partial charge on any atom is -0.490 e. The lowest BCUT2D eigenvalue weighted by molar-refractivity contribution is -0.129. The van der Waals surface area contributed by atoms with E-state index >= 15 is 0 Å². The third-order valence-corrected chi connectivity index (χ3v) is 5.50. The van der Waals surface area contributed by atoms with Crippen LogP contribution in [0.25, 0.3) is 6.08 Å². The molecule has 0 radical (unpaired) electrons. The van der Waals surface area contributed by atoms with Crippen LogP contribution in [0.3, 0.4) is 0 Å². The highest BCUT2D eigenvalue weighted by Gasteiger charge is 2.23. The number of hydrogen-bond donors (Lipinski definition) is 0. The van der Waals surface area contributed by atoms with E-state index in [1.165, 1.54) is 5.56 Å². The summed E-state index contributed by atoms with van der Waals surface area (Å²) < 4.78 is 17.1. The maximum Gasteiger partial charge on any atom is 0.363 e. The molecule has 0 saturated heterocycles. The van der Waals surface area contributed by atoms with Gasteiger partial charge in [-0.1, -0.05) is 62.4 Å². The van der Waals surface area contributed by atoms with Crippen LogP contribution in [-0.2, 0) is 9.53 Å². The molecule has 3 aromatic carbocycles. The zero-order chi connectivity index (χ0) is 23.0. The van der Waals surface area contributed by atoms with Gasteiger partial charge in [-0.25, -0.2) is 9.79 Å². The number of benzene rings is 3. The molecule has 0 aliphatic carbocycles. The summed E-state index contributed by atoms with van der Waals surface area (Å²) in [6, 6.07) is 25.0. The van der Waals surface area contributed by atoms with E-state index in [-0.39, 0.29) is 5.70 Å². The number of nitrogens with zero attached hydrogens (tertiary/aromatic N) is 1. The van der Waals surface area contributed by atoms with Crippen molar-refractivity contribution in [3.05, 3.63) is 101 Å². The molecule has 0 saturated carbocycles. The summed E-state index contributed by atoms with van der Waals surface area (Å²) in [5.41, 5.74) is 3.11. The van der Waals surface area contributed by atoms with Crippen molar-refractivity contribution in [2.45, 2.75) is 26.2 Å². The molecule has 0 fully saturated rings. The van der Waals surface area contributed by atoms with Crippen molar-refractivity contribution in [1.29, 1.82) is 0 Å². The minimum atomic E-state index is -0.455. The van der Waals surface area contributed by atoms with Crippen LogP contribution in [0.4, 0.5) is 0 Å². The van der Waals surface area contributed by atoms with Crippen LogP contribution in [0.2, 0.25) is 0 Å². The summed E-state index contributed by atoms with van der Waals surface area (Å²) >= 11 is 0. The number of carbonyl (C=O) groups excluding carboxylic acids is 1. The summed E-state index contributed by atoms with van der Waals surface area (Å²) in [7, 11) is 0. The molecule has 33 heavy (non-hydrogen) atoms. The Kier molecular flexibility index (Phi) is 7.20. The monoisotopic (exact) mass is 441 g/mol. The van der Waals surface area contributed by atoms with Gasteiger partial charge >= 0.3 is 5.97 Å². The lowest BCUT2D eigenvalue weighted by Crippen LogP contribution is -2.10. The second-order valence-electron chi connectivity index (χ2n) is 7.82. The molecular weight excluding hydrogens is 414 g/mol. The van der Waals surface area contributed by atoms with Gasteiger partial charge in [0.05, 0.1) is 0 Å². The lowest BCUT2D eigenvalue weighted by atomic mass is 9.98. The third-order valence-electron chi connectivity index (χ3n) is 5.50. The Balaban J connectivity index is 1.32.